The molecular weight excluding hydrogens is 192 g/mol. The van der Waals surface area contributed by atoms with Crippen molar-refractivity contribution < 1.29 is 4.74 Å². The van der Waals surface area contributed by atoms with Crippen molar-refractivity contribution in [2.24, 2.45) is 5.92 Å². The maximum Gasteiger partial charge on any atom is 0.140 e. The highest BCUT2D eigenvalue weighted by atomic mass is 16.5. The first-order valence-corrected chi connectivity index (χ1v) is 5.05. The molecular formula is C10H14N4O. The van der Waals surface area contributed by atoms with Crippen molar-refractivity contribution in [2.75, 3.05) is 18.9 Å². The third-order valence-electron chi connectivity index (χ3n) is 2.86. The molecule has 2 heterocycles. The van der Waals surface area contributed by atoms with Crippen LogP contribution in [-0.4, -0.2) is 23.0 Å². The van der Waals surface area contributed by atoms with Crippen molar-refractivity contribution in [3.8, 4) is 6.07 Å². The van der Waals surface area contributed by atoms with Crippen molar-refractivity contribution >= 4 is 5.82 Å². The molecule has 5 nitrogen and oxygen atoms in total. The molecule has 5 heteroatoms. The fraction of sp³-hybridized carbons (Fsp3) is 0.600. The predicted octanol–water partition coefficient (Wildman–Crippen LogP) is 0.934. The Kier molecular flexibility index (Phi) is 2.60. The van der Waals surface area contributed by atoms with Gasteiger partial charge >= 0.3 is 0 Å². The molecule has 1 aromatic heterocycles. The minimum absolute atomic E-state index is 0.251. The second-order valence-corrected chi connectivity index (χ2v) is 3.91. The Morgan fingerprint density at radius 3 is 3.13 bits per heavy atom. The zero-order chi connectivity index (χ0) is 10.8. The minimum Gasteiger partial charge on any atom is -0.383 e. The number of nitriles is 1. The number of hydrogen-bond acceptors (Lipinski definition) is 4. The molecule has 0 spiro atoms. The molecule has 0 unspecified atom stereocenters. The van der Waals surface area contributed by atoms with E-state index < -0.39 is 0 Å². The lowest BCUT2D eigenvalue weighted by Crippen LogP contribution is -2.29. The standard InChI is InChI=1S/C10H14N4O/c1-7-6-15-3-2-9(7)14-10(12)8(4-11)5-13-14/h5,7,9H,2-3,6,12H2,1H3/t7-,9-/m1/s1. The van der Waals surface area contributed by atoms with Crippen LogP contribution < -0.4 is 5.73 Å². The molecule has 2 N–H and O–H groups in total. The van der Waals surface area contributed by atoms with E-state index in [1.807, 2.05) is 6.07 Å². The highest BCUT2D eigenvalue weighted by Crippen LogP contribution is 2.28. The quantitative estimate of drug-likeness (QED) is 0.741. The van der Waals surface area contributed by atoms with Gasteiger partial charge in [0.05, 0.1) is 18.8 Å². The molecule has 0 amide bonds. The maximum atomic E-state index is 8.79. The monoisotopic (exact) mass is 206 g/mol. The highest BCUT2D eigenvalue weighted by molar-refractivity contribution is 5.47. The van der Waals surface area contributed by atoms with E-state index in [-0.39, 0.29) is 6.04 Å². The van der Waals surface area contributed by atoms with Crippen LogP contribution >= 0.6 is 0 Å². The van der Waals surface area contributed by atoms with Gasteiger partial charge in [-0.25, -0.2) is 4.68 Å². The van der Waals surface area contributed by atoms with Gasteiger partial charge in [0.1, 0.15) is 17.5 Å². The van der Waals surface area contributed by atoms with Crippen molar-refractivity contribution in [3.63, 3.8) is 0 Å². The Morgan fingerprint density at radius 1 is 1.73 bits per heavy atom. The van der Waals surface area contributed by atoms with Crippen LogP contribution in [0, 0.1) is 17.2 Å². The minimum atomic E-state index is 0.251. The Bertz CT molecular complexity index is 393. The summed E-state index contributed by atoms with van der Waals surface area (Å²) in [6, 6.07) is 2.28. The molecule has 0 aliphatic carbocycles. The van der Waals surface area contributed by atoms with E-state index in [1.54, 1.807) is 4.68 Å². The Hall–Kier alpha value is -1.54. The topological polar surface area (TPSA) is 76.9 Å². The van der Waals surface area contributed by atoms with Crippen molar-refractivity contribution in [1.82, 2.24) is 9.78 Å². The smallest absolute Gasteiger partial charge is 0.140 e. The second-order valence-electron chi connectivity index (χ2n) is 3.91. The van der Waals surface area contributed by atoms with E-state index in [0.717, 1.165) is 19.6 Å². The van der Waals surface area contributed by atoms with Gasteiger partial charge in [-0.3, -0.25) is 0 Å². The number of hydrogen-bond donors (Lipinski definition) is 1. The van der Waals surface area contributed by atoms with Crippen molar-refractivity contribution in [3.05, 3.63) is 11.8 Å². The molecule has 15 heavy (non-hydrogen) atoms. The van der Waals surface area contributed by atoms with E-state index in [9.17, 15) is 0 Å². The van der Waals surface area contributed by atoms with Gasteiger partial charge in [-0.1, -0.05) is 6.92 Å². The summed E-state index contributed by atoms with van der Waals surface area (Å²) in [4.78, 5) is 0. The molecule has 80 valence electrons. The summed E-state index contributed by atoms with van der Waals surface area (Å²) in [5, 5.41) is 13.0. The number of aromatic nitrogens is 2. The van der Waals surface area contributed by atoms with Crippen LogP contribution in [0.25, 0.3) is 0 Å². The first kappa shape index (κ1) is 9.99. The number of nitrogens with zero attached hydrogens (tertiary/aromatic N) is 3. The van der Waals surface area contributed by atoms with Crippen LogP contribution in [0.5, 0.6) is 0 Å². The lowest BCUT2D eigenvalue weighted by Gasteiger charge is -2.29. The van der Waals surface area contributed by atoms with E-state index >= 15 is 0 Å². The third kappa shape index (κ3) is 1.68. The SMILES string of the molecule is C[C@@H]1COCC[C@H]1n1ncc(C#N)c1N. The molecule has 0 bridgehead atoms. The van der Waals surface area contributed by atoms with Crippen LogP contribution in [0.4, 0.5) is 5.82 Å². The molecule has 2 rings (SSSR count). The van der Waals surface area contributed by atoms with Gasteiger partial charge in [-0.2, -0.15) is 10.4 Å². The lowest BCUT2D eigenvalue weighted by atomic mass is 9.98. The van der Waals surface area contributed by atoms with Crippen LogP contribution in [-0.2, 0) is 4.74 Å². The van der Waals surface area contributed by atoms with Gasteiger partial charge < -0.3 is 10.5 Å². The molecule has 0 radical (unpaired) electrons. The molecule has 1 fully saturated rings. The summed E-state index contributed by atoms with van der Waals surface area (Å²) < 4.78 is 7.12. The molecule has 1 saturated heterocycles. The van der Waals surface area contributed by atoms with Gasteiger partial charge in [-0.15, -0.1) is 0 Å². The summed E-state index contributed by atoms with van der Waals surface area (Å²) in [7, 11) is 0. The predicted molar refractivity (Wildman–Crippen MR) is 55.0 cm³/mol. The average molecular weight is 206 g/mol. The second kappa shape index (κ2) is 3.91. The Balaban J connectivity index is 2.28. The van der Waals surface area contributed by atoms with E-state index in [4.69, 9.17) is 15.7 Å². The van der Waals surface area contributed by atoms with Crippen LogP contribution in [0.2, 0.25) is 0 Å². The average Bonchev–Trinajstić information content (AvgIpc) is 2.60. The molecule has 1 aliphatic rings. The van der Waals surface area contributed by atoms with Gasteiger partial charge in [0.2, 0.25) is 0 Å². The van der Waals surface area contributed by atoms with Gasteiger partial charge in [-0.05, 0) is 6.42 Å². The molecule has 2 atom stereocenters. The Morgan fingerprint density at radius 2 is 2.53 bits per heavy atom. The first-order chi connectivity index (χ1) is 7.24. The summed E-state index contributed by atoms with van der Waals surface area (Å²) in [5.74, 6) is 0.851. The highest BCUT2D eigenvalue weighted by Gasteiger charge is 2.26. The van der Waals surface area contributed by atoms with Gasteiger partial charge in [0, 0.05) is 12.5 Å². The first-order valence-electron chi connectivity index (χ1n) is 5.05. The summed E-state index contributed by atoms with van der Waals surface area (Å²) in [6.45, 7) is 3.57. The van der Waals surface area contributed by atoms with Gasteiger partial charge in [0.25, 0.3) is 0 Å². The fourth-order valence-electron chi connectivity index (χ4n) is 1.95. The third-order valence-corrected chi connectivity index (χ3v) is 2.86. The fourth-order valence-corrected chi connectivity index (χ4v) is 1.95. The van der Waals surface area contributed by atoms with E-state index in [1.165, 1.54) is 6.20 Å². The number of rotatable bonds is 1. The number of ether oxygens (including phenoxy) is 1. The largest absolute Gasteiger partial charge is 0.383 e. The lowest BCUT2D eigenvalue weighted by molar-refractivity contribution is 0.0257. The Labute approximate surface area is 88.4 Å². The zero-order valence-electron chi connectivity index (χ0n) is 8.68. The summed E-state index contributed by atoms with van der Waals surface area (Å²) >= 11 is 0. The number of anilines is 1. The van der Waals surface area contributed by atoms with Crippen molar-refractivity contribution in [2.45, 2.75) is 19.4 Å². The van der Waals surface area contributed by atoms with Crippen molar-refractivity contribution in [1.29, 1.82) is 5.26 Å². The molecule has 1 aliphatic heterocycles. The molecule has 0 saturated carbocycles. The number of nitrogens with two attached hydrogens (primary N) is 1. The number of nitrogen functional groups attached to an aromatic ring is 1. The zero-order valence-corrected chi connectivity index (χ0v) is 8.68. The van der Waals surface area contributed by atoms with Gasteiger partial charge in [0.15, 0.2) is 0 Å². The van der Waals surface area contributed by atoms with Crippen LogP contribution in [0.3, 0.4) is 0 Å². The van der Waals surface area contributed by atoms with Crippen LogP contribution in [0.15, 0.2) is 6.20 Å². The normalized spacial score (nSPS) is 26.1. The van der Waals surface area contributed by atoms with E-state index in [2.05, 4.69) is 12.0 Å². The summed E-state index contributed by atoms with van der Waals surface area (Å²) in [5.41, 5.74) is 6.30. The maximum absolute atomic E-state index is 8.79. The molecule has 0 aromatic carbocycles. The van der Waals surface area contributed by atoms with E-state index in [0.29, 0.717) is 17.3 Å². The molecule has 1 aromatic rings. The summed E-state index contributed by atoms with van der Waals surface area (Å²) in [6.07, 6.45) is 2.43. The van der Waals surface area contributed by atoms with Crippen LogP contribution in [0.1, 0.15) is 24.9 Å².